The number of rotatable bonds is 7. The van der Waals surface area contributed by atoms with Crippen molar-refractivity contribution in [3.8, 4) is 0 Å². The van der Waals surface area contributed by atoms with Gasteiger partial charge in [0.05, 0.1) is 0 Å². The highest BCUT2D eigenvalue weighted by Crippen LogP contribution is 2.27. The summed E-state index contributed by atoms with van der Waals surface area (Å²) < 4.78 is 0. The smallest absolute Gasteiger partial charge is 0.220 e. The molecule has 0 aromatic heterocycles. The van der Waals surface area contributed by atoms with Crippen molar-refractivity contribution in [3.63, 3.8) is 0 Å². The minimum Gasteiger partial charge on any atom is -0.356 e. The van der Waals surface area contributed by atoms with Crippen molar-refractivity contribution in [2.75, 3.05) is 6.54 Å². The molecule has 1 amide bonds. The van der Waals surface area contributed by atoms with Crippen molar-refractivity contribution in [1.82, 2.24) is 5.32 Å². The molecule has 0 fully saturated rings. The molecule has 28 heavy (non-hydrogen) atoms. The van der Waals surface area contributed by atoms with E-state index < -0.39 is 0 Å². The summed E-state index contributed by atoms with van der Waals surface area (Å²) in [5.74, 6) is 0.198. The van der Waals surface area contributed by atoms with Crippen molar-refractivity contribution in [2.24, 2.45) is 21.7 Å². The van der Waals surface area contributed by atoms with E-state index in [-0.39, 0.29) is 18.7 Å². The van der Waals surface area contributed by atoms with Gasteiger partial charge in [0.25, 0.3) is 0 Å². The van der Waals surface area contributed by atoms with Crippen LogP contribution in [-0.2, 0) is 4.79 Å². The lowest BCUT2D eigenvalue weighted by atomic mass is 9.84. The number of amides is 1. The summed E-state index contributed by atoms with van der Waals surface area (Å²) in [4.78, 5) is 11.5. The average molecular weight is 400 g/mol. The molecule has 0 radical (unpaired) electrons. The minimum absolute atomic E-state index is 0. The van der Waals surface area contributed by atoms with Gasteiger partial charge in [-0.25, -0.2) is 0 Å². The number of carbonyl (C=O) groups excluding carboxylic acids is 1. The quantitative estimate of drug-likeness (QED) is 0.426. The molecule has 0 aliphatic carbocycles. The fourth-order valence-electron chi connectivity index (χ4n) is 2.57. The average Bonchev–Trinajstić information content (AvgIpc) is 2.37. The first-order chi connectivity index (χ1) is 11.8. The normalized spacial score (nSPS) is 12.6. The molecule has 2 heteroatoms. The number of hydrogen-bond acceptors (Lipinski definition) is 1. The van der Waals surface area contributed by atoms with Gasteiger partial charge in [-0.3, -0.25) is 4.79 Å². The highest BCUT2D eigenvalue weighted by Gasteiger charge is 2.14. The van der Waals surface area contributed by atoms with Gasteiger partial charge in [0.15, 0.2) is 0 Å². The molecule has 0 aromatic carbocycles. The highest BCUT2D eigenvalue weighted by atomic mass is 16.1. The molecule has 0 heterocycles. The molecule has 0 rings (SSSR count). The topological polar surface area (TPSA) is 29.1 Å². The van der Waals surface area contributed by atoms with E-state index in [1.165, 1.54) is 19.3 Å². The molecule has 1 N–H and O–H groups in total. The third-order valence-electron chi connectivity index (χ3n) is 4.38. The first-order valence-electron chi connectivity index (χ1n) is 11.1. The Labute approximate surface area is 180 Å². The summed E-state index contributed by atoms with van der Waals surface area (Å²) in [5.41, 5.74) is 1.66. The SMILES string of the molecule is C.CC(C)(C)CCCC(C)(C)C.CC(C)(C)CCCNC(=O)CCC(C)(C)C. The Morgan fingerprint density at radius 2 is 0.893 bits per heavy atom. The minimum atomic E-state index is 0. The van der Waals surface area contributed by atoms with Crippen LogP contribution in [0, 0.1) is 21.7 Å². The van der Waals surface area contributed by atoms with E-state index in [0.29, 0.717) is 22.7 Å². The molecule has 2 nitrogen and oxygen atoms in total. The summed E-state index contributed by atoms with van der Waals surface area (Å²) in [6, 6.07) is 0. The molecule has 0 unspecified atom stereocenters. The fourth-order valence-corrected chi connectivity index (χ4v) is 2.57. The van der Waals surface area contributed by atoms with Crippen molar-refractivity contribution < 1.29 is 4.79 Å². The molecule has 0 saturated carbocycles. The van der Waals surface area contributed by atoms with Gasteiger partial charge in [-0.15, -0.1) is 0 Å². The largest absolute Gasteiger partial charge is 0.356 e. The van der Waals surface area contributed by atoms with Gasteiger partial charge in [0.2, 0.25) is 5.91 Å². The van der Waals surface area contributed by atoms with E-state index >= 15 is 0 Å². The van der Waals surface area contributed by atoms with Crippen LogP contribution in [0.25, 0.3) is 0 Å². The first-order valence-corrected chi connectivity index (χ1v) is 11.1. The summed E-state index contributed by atoms with van der Waals surface area (Å²) in [5, 5.41) is 2.99. The fraction of sp³-hybridized carbons (Fsp3) is 0.962. The predicted octanol–water partition coefficient (Wildman–Crippen LogP) is 8.64. The zero-order valence-corrected chi connectivity index (χ0v) is 21.1. The monoisotopic (exact) mass is 399 g/mol. The van der Waals surface area contributed by atoms with Crippen LogP contribution in [0.5, 0.6) is 0 Å². The van der Waals surface area contributed by atoms with E-state index in [2.05, 4.69) is 88.4 Å². The maximum absolute atomic E-state index is 11.5. The van der Waals surface area contributed by atoms with Crippen molar-refractivity contribution in [1.29, 1.82) is 0 Å². The van der Waals surface area contributed by atoms with Crippen molar-refractivity contribution >= 4 is 5.91 Å². The summed E-state index contributed by atoms with van der Waals surface area (Å²) in [7, 11) is 0. The zero-order chi connectivity index (χ0) is 21.9. The second-order valence-corrected chi connectivity index (χ2v) is 13.0. The molecule has 172 valence electrons. The summed E-state index contributed by atoms with van der Waals surface area (Å²) >= 11 is 0. The van der Waals surface area contributed by atoms with Gasteiger partial charge in [0.1, 0.15) is 0 Å². The van der Waals surface area contributed by atoms with Gasteiger partial charge in [-0.1, -0.05) is 96.9 Å². The molecule has 0 aromatic rings. The predicted molar refractivity (Wildman–Crippen MR) is 130 cm³/mol. The lowest BCUT2D eigenvalue weighted by Gasteiger charge is -2.22. The first kappa shape index (κ1) is 32.1. The molecular weight excluding hydrogens is 342 g/mol. The van der Waals surface area contributed by atoms with E-state index in [1.807, 2.05) is 0 Å². The molecule has 0 spiro atoms. The van der Waals surface area contributed by atoms with E-state index in [1.54, 1.807) is 0 Å². The van der Waals surface area contributed by atoms with E-state index in [4.69, 9.17) is 0 Å². The van der Waals surface area contributed by atoms with Crippen molar-refractivity contribution in [3.05, 3.63) is 0 Å². The third kappa shape index (κ3) is 33.1. The molecule has 0 saturated heterocycles. The highest BCUT2D eigenvalue weighted by molar-refractivity contribution is 5.75. The van der Waals surface area contributed by atoms with Crippen LogP contribution >= 0.6 is 0 Å². The standard InChI is InChI=1S/C14H29NO.C11H24.CH4/c1-13(2,3)9-7-11-15-12(16)8-10-14(4,5)6;1-10(2,3)8-7-9-11(4,5)6;/h7-11H2,1-6H3,(H,15,16);7-9H2,1-6H3;1H4. The molecule has 0 aliphatic heterocycles. The van der Waals surface area contributed by atoms with Crippen molar-refractivity contribution in [2.45, 2.75) is 135 Å². The molecule has 0 bridgehead atoms. The Hall–Kier alpha value is -0.530. The summed E-state index contributed by atoms with van der Waals surface area (Å²) in [6.45, 7) is 27.9. The van der Waals surface area contributed by atoms with Gasteiger partial charge in [0, 0.05) is 13.0 Å². The Morgan fingerprint density at radius 3 is 1.21 bits per heavy atom. The van der Waals surface area contributed by atoms with Gasteiger partial charge >= 0.3 is 0 Å². The lowest BCUT2D eigenvalue weighted by molar-refractivity contribution is -0.121. The van der Waals surface area contributed by atoms with Crippen LogP contribution in [-0.4, -0.2) is 12.5 Å². The van der Waals surface area contributed by atoms with Crippen LogP contribution < -0.4 is 5.32 Å². The number of nitrogens with one attached hydrogen (secondary N) is 1. The Balaban J connectivity index is -0.000000460. The second kappa shape index (κ2) is 13.6. The number of carbonyl (C=O) groups is 1. The maximum Gasteiger partial charge on any atom is 0.220 e. The van der Waals surface area contributed by atoms with Gasteiger partial charge in [-0.2, -0.15) is 0 Å². The molecular formula is C26H57NO. The Bertz CT molecular complexity index is 369. The Morgan fingerprint density at radius 1 is 0.571 bits per heavy atom. The van der Waals surface area contributed by atoms with Crippen LogP contribution in [0.1, 0.15) is 135 Å². The lowest BCUT2D eigenvalue weighted by Crippen LogP contribution is -2.26. The molecule has 0 aliphatic rings. The van der Waals surface area contributed by atoms with Crippen LogP contribution in [0.2, 0.25) is 0 Å². The second-order valence-electron chi connectivity index (χ2n) is 13.0. The zero-order valence-electron chi connectivity index (χ0n) is 21.1. The molecule has 0 atom stereocenters. The van der Waals surface area contributed by atoms with E-state index in [9.17, 15) is 4.79 Å². The Kier molecular flexibility index (Phi) is 15.7. The van der Waals surface area contributed by atoms with Crippen LogP contribution in [0.3, 0.4) is 0 Å². The summed E-state index contributed by atoms with van der Waals surface area (Å²) in [6.07, 6.45) is 7.91. The van der Waals surface area contributed by atoms with Gasteiger partial charge < -0.3 is 5.32 Å². The van der Waals surface area contributed by atoms with Crippen LogP contribution in [0.15, 0.2) is 0 Å². The van der Waals surface area contributed by atoms with Crippen LogP contribution in [0.4, 0.5) is 0 Å². The number of hydrogen-bond donors (Lipinski definition) is 1. The third-order valence-corrected chi connectivity index (χ3v) is 4.38. The maximum atomic E-state index is 11.5. The van der Waals surface area contributed by atoms with E-state index in [0.717, 1.165) is 25.8 Å². The van der Waals surface area contributed by atoms with Gasteiger partial charge in [-0.05, 0) is 53.8 Å².